The van der Waals surface area contributed by atoms with Crippen molar-refractivity contribution < 1.29 is 15.3 Å². The summed E-state index contributed by atoms with van der Waals surface area (Å²) in [7, 11) is 0. The van der Waals surface area contributed by atoms with Crippen molar-refractivity contribution in [2.75, 3.05) is 16.0 Å². The van der Waals surface area contributed by atoms with Gasteiger partial charge in [0.25, 0.3) is 0 Å². The number of aliphatic hydroxyl groups is 3. The molecule has 0 fully saturated rings. The Morgan fingerprint density at radius 1 is 0.315 bits per heavy atom. The van der Waals surface area contributed by atoms with E-state index in [0.717, 1.165) is 84.2 Å². The SMILES string of the molecule is OCc1ccc(-c2ccc(NCc3cc(CNc4ccc(-c5ccc(CO)cc5)cn4)cc(CNc4ccc(-c5ccc(CO)cc5)cn4)c3)nc2)cc1. The number of aliphatic hydroxyl groups excluding tert-OH is 3. The van der Waals surface area contributed by atoms with E-state index in [4.69, 9.17) is 0 Å². The molecule has 4 aromatic carbocycles. The lowest BCUT2D eigenvalue weighted by Gasteiger charge is -2.14. The summed E-state index contributed by atoms with van der Waals surface area (Å²) >= 11 is 0. The van der Waals surface area contributed by atoms with E-state index in [1.165, 1.54) is 0 Å². The highest BCUT2D eigenvalue weighted by molar-refractivity contribution is 5.66. The Labute approximate surface area is 315 Å². The number of nitrogens with one attached hydrogen (secondary N) is 3. The van der Waals surface area contributed by atoms with E-state index in [9.17, 15) is 15.3 Å². The van der Waals surface area contributed by atoms with Crippen molar-refractivity contribution in [3.05, 3.63) is 179 Å². The van der Waals surface area contributed by atoms with E-state index in [1.54, 1.807) is 0 Å². The molecule has 0 saturated carbocycles. The van der Waals surface area contributed by atoms with E-state index in [2.05, 4.69) is 49.1 Å². The van der Waals surface area contributed by atoms with Crippen LogP contribution in [0.25, 0.3) is 33.4 Å². The molecular formula is C45H42N6O3. The second-order valence-corrected chi connectivity index (χ2v) is 13.1. The van der Waals surface area contributed by atoms with Crippen molar-refractivity contribution >= 4 is 17.5 Å². The Kier molecular flexibility index (Phi) is 11.6. The molecule has 0 radical (unpaired) electrons. The van der Waals surface area contributed by atoms with Crippen LogP contribution in [0.1, 0.15) is 33.4 Å². The number of anilines is 3. The molecule has 54 heavy (non-hydrogen) atoms. The lowest BCUT2D eigenvalue weighted by Crippen LogP contribution is -2.08. The normalized spacial score (nSPS) is 10.9. The Balaban J connectivity index is 1.04. The fourth-order valence-electron chi connectivity index (χ4n) is 6.14. The highest BCUT2D eigenvalue weighted by atomic mass is 16.3. The van der Waals surface area contributed by atoms with Crippen LogP contribution in [-0.2, 0) is 39.5 Å². The predicted octanol–water partition coefficient (Wildman–Crippen LogP) is 8.19. The zero-order valence-corrected chi connectivity index (χ0v) is 29.8. The van der Waals surface area contributed by atoms with Gasteiger partial charge in [0.1, 0.15) is 17.5 Å². The largest absolute Gasteiger partial charge is 0.392 e. The molecule has 0 spiro atoms. The van der Waals surface area contributed by atoms with Crippen LogP contribution >= 0.6 is 0 Å². The Morgan fingerprint density at radius 3 is 0.796 bits per heavy atom. The molecule has 0 saturated heterocycles. The molecule has 9 nitrogen and oxygen atoms in total. The smallest absolute Gasteiger partial charge is 0.126 e. The van der Waals surface area contributed by atoms with Crippen LogP contribution in [0.3, 0.4) is 0 Å². The van der Waals surface area contributed by atoms with Crippen molar-refractivity contribution in [1.82, 2.24) is 15.0 Å². The zero-order valence-electron chi connectivity index (χ0n) is 29.8. The number of rotatable bonds is 15. The maximum absolute atomic E-state index is 9.36. The summed E-state index contributed by atoms with van der Waals surface area (Å²) < 4.78 is 0. The van der Waals surface area contributed by atoms with E-state index in [1.807, 2.05) is 128 Å². The van der Waals surface area contributed by atoms with E-state index in [-0.39, 0.29) is 19.8 Å². The first kappa shape index (κ1) is 36.0. The van der Waals surface area contributed by atoms with Gasteiger partial charge >= 0.3 is 0 Å². The molecule has 0 bridgehead atoms. The minimum Gasteiger partial charge on any atom is -0.392 e. The monoisotopic (exact) mass is 714 g/mol. The van der Waals surface area contributed by atoms with Gasteiger partial charge in [-0.15, -0.1) is 0 Å². The van der Waals surface area contributed by atoms with Crippen LogP contribution in [0.4, 0.5) is 17.5 Å². The lowest BCUT2D eigenvalue weighted by atomic mass is 10.0. The highest BCUT2D eigenvalue weighted by Crippen LogP contribution is 2.24. The van der Waals surface area contributed by atoms with E-state index >= 15 is 0 Å². The van der Waals surface area contributed by atoms with Gasteiger partial charge < -0.3 is 31.3 Å². The fourth-order valence-corrected chi connectivity index (χ4v) is 6.14. The van der Waals surface area contributed by atoms with Crippen LogP contribution in [0.5, 0.6) is 0 Å². The van der Waals surface area contributed by atoms with Crippen molar-refractivity contribution in [3.8, 4) is 33.4 Å². The number of benzene rings is 4. The van der Waals surface area contributed by atoms with E-state index in [0.29, 0.717) is 19.6 Å². The third kappa shape index (κ3) is 9.33. The van der Waals surface area contributed by atoms with Gasteiger partial charge in [0.15, 0.2) is 0 Å². The van der Waals surface area contributed by atoms with Crippen LogP contribution in [0.15, 0.2) is 146 Å². The minimum atomic E-state index is 0.0235. The third-order valence-electron chi connectivity index (χ3n) is 9.23. The Hall–Kier alpha value is -6.39. The highest BCUT2D eigenvalue weighted by Gasteiger charge is 2.07. The molecule has 7 aromatic rings. The number of aromatic nitrogens is 3. The Bertz CT molecular complexity index is 1970. The average Bonchev–Trinajstić information content (AvgIpc) is 3.25. The summed E-state index contributed by atoms with van der Waals surface area (Å²) in [4.78, 5) is 14.0. The molecule has 7 rings (SSSR count). The van der Waals surface area contributed by atoms with Gasteiger partial charge in [-0.25, -0.2) is 15.0 Å². The zero-order chi connectivity index (χ0) is 37.1. The number of nitrogens with zero attached hydrogens (tertiary/aromatic N) is 3. The van der Waals surface area contributed by atoms with Crippen LogP contribution in [0, 0.1) is 0 Å². The topological polar surface area (TPSA) is 135 Å². The second-order valence-electron chi connectivity index (χ2n) is 13.1. The summed E-state index contributed by atoms with van der Waals surface area (Å²) in [5.74, 6) is 2.33. The quantitative estimate of drug-likeness (QED) is 0.0622. The fraction of sp³-hybridized carbons (Fsp3) is 0.133. The molecule has 3 aromatic heterocycles. The maximum atomic E-state index is 9.36. The van der Waals surface area contributed by atoms with E-state index < -0.39 is 0 Å². The molecule has 0 atom stereocenters. The van der Waals surface area contributed by atoms with Gasteiger partial charge in [0, 0.05) is 54.9 Å². The van der Waals surface area contributed by atoms with Gasteiger partial charge in [-0.2, -0.15) is 0 Å². The first-order valence-corrected chi connectivity index (χ1v) is 17.9. The molecule has 9 heteroatoms. The summed E-state index contributed by atoms with van der Waals surface area (Å²) in [6.07, 6.45) is 5.57. The predicted molar refractivity (Wildman–Crippen MR) is 215 cm³/mol. The number of pyridine rings is 3. The molecule has 0 amide bonds. The molecule has 6 N–H and O–H groups in total. The molecule has 0 aliphatic heterocycles. The van der Waals surface area contributed by atoms with Gasteiger partial charge in [-0.1, -0.05) is 91.0 Å². The number of hydrogen-bond acceptors (Lipinski definition) is 9. The summed E-state index contributed by atoms with van der Waals surface area (Å²) in [5, 5.41) is 38.5. The van der Waals surface area contributed by atoms with Gasteiger partial charge in [0.2, 0.25) is 0 Å². The third-order valence-corrected chi connectivity index (χ3v) is 9.23. The molecule has 270 valence electrons. The first-order valence-electron chi connectivity index (χ1n) is 17.9. The lowest BCUT2D eigenvalue weighted by molar-refractivity contribution is 0.281. The summed E-state index contributed by atoms with van der Waals surface area (Å²) in [6.45, 7) is 1.83. The molecule has 0 aliphatic carbocycles. The van der Waals surface area contributed by atoms with Crippen LogP contribution in [0.2, 0.25) is 0 Å². The molecular weight excluding hydrogens is 673 g/mol. The van der Waals surface area contributed by atoms with Crippen LogP contribution in [-0.4, -0.2) is 30.3 Å². The van der Waals surface area contributed by atoms with Crippen molar-refractivity contribution in [2.24, 2.45) is 0 Å². The summed E-state index contributed by atoms with van der Waals surface area (Å²) in [6, 6.07) is 42.1. The standard InChI is InChI=1S/C45H42N6O3/c52-28-31-1-7-37(8-2-31)40-13-16-43(49-25-40)46-22-34-19-35(23-47-44-17-14-41(26-50-44)38-9-3-32(29-53)4-10-38)21-36(20-34)24-48-45-18-15-42(27-51-45)39-11-5-33(30-54)6-12-39/h1-21,25-27,52-54H,22-24,28-30H2,(H,46,49)(H,47,50)(H,48,51). The van der Waals surface area contributed by atoms with Gasteiger partial charge in [-0.3, -0.25) is 0 Å². The van der Waals surface area contributed by atoms with Gasteiger partial charge in [0.05, 0.1) is 19.8 Å². The number of hydrogen-bond donors (Lipinski definition) is 6. The van der Waals surface area contributed by atoms with Crippen LogP contribution < -0.4 is 16.0 Å². The van der Waals surface area contributed by atoms with Crippen molar-refractivity contribution in [1.29, 1.82) is 0 Å². The van der Waals surface area contributed by atoms with Crippen molar-refractivity contribution in [2.45, 2.75) is 39.5 Å². The molecule has 3 heterocycles. The minimum absolute atomic E-state index is 0.0235. The second kappa shape index (κ2) is 17.4. The molecule has 0 aliphatic rings. The van der Waals surface area contributed by atoms with Crippen molar-refractivity contribution in [3.63, 3.8) is 0 Å². The average molecular weight is 715 g/mol. The summed E-state index contributed by atoms with van der Waals surface area (Å²) in [5.41, 5.74) is 12.1. The Morgan fingerprint density at radius 2 is 0.574 bits per heavy atom. The maximum Gasteiger partial charge on any atom is 0.126 e. The van der Waals surface area contributed by atoms with Gasteiger partial charge in [-0.05, 0) is 86.5 Å². The molecule has 0 unspecified atom stereocenters. The first-order chi connectivity index (χ1) is 26.5.